The van der Waals surface area contributed by atoms with E-state index in [1.165, 1.54) is 50.3 Å². The van der Waals surface area contributed by atoms with Gasteiger partial charge in [-0.1, -0.05) is 13.3 Å². The Hall–Kier alpha value is -0.870. The molecule has 0 atom stereocenters. The minimum absolute atomic E-state index is 0.939. The lowest BCUT2D eigenvalue weighted by molar-refractivity contribution is 0.228. The smallest absolute Gasteiger partial charge is 0.0625 e. The van der Waals surface area contributed by atoms with Gasteiger partial charge < -0.3 is 10.2 Å². The van der Waals surface area contributed by atoms with Crippen molar-refractivity contribution in [2.45, 2.75) is 52.6 Å². The molecule has 1 aromatic rings. The zero-order chi connectivity index (χ0) is 13.5. The minimum atomic E-state index is 0.939. The Bertz CT molecular complexity index is 366. The summed E-state index contributed by atoms with van der Waals surface area (Å²) in [6.45, 7) is 11.1. The van der Waals surface area contributed by atoms with Crippen molar-refractivity contribution in [1.82, 2.24) is 20.0 Å². The van der Waals surface area contributed by atoms with E-state index in [0.29, 0.717) is 0 Å². The number of rotatable bonds is 7. The third-order valence-corrected chi connectivity index (χ3v) is 3.94. The Labute approximate surface area is 117 Å². The molecule has 0 spiro atoms. The Morgan fingerprint density at radius 1 is 1.21 bits per heavy atom. The van der Waals surface area contributed by atoms with Crippen molar-refractivity contribution in [1.29, 1.82) is 0 Å². The van der Waals surface area contributed by atoms with Crippen LogP contribution in [0.1, 0.15) is 44.5 Å². The summed E-state index contributed by atoms with van der Waals surface area (Å²) in [5, 5.41) is 8.14. The van der Waals surface area contributed by atoms with Gasteiger partial charge in [-0.05, 0) is 45.3 Å². The third kappa shape index (κ3) is 4.32. The van der Waals surface area contributed by atoms with Crippen LogP contribution in [0, 0.1) is 0 Å². The van der Waals surface area contributed by atoms with Crippen molar-refractivity contribution >= 4 is 0 Å². The van der Waals surface area contributed by atoms with Gasteiger partial charge in [-0.25, -0.2) is 0 Å². The van der Waals surface area contributed by atoms with Crippen molar-refractivity contribution in [3.05, 3.63) is 17.5 Å². The topological polar surface area (TPSA) is 33.1 Å². The molecule has 1 aliphatic heterocycles. The second-order valence-corrected chi connectivity index (χ2v) is 5.38. The van der Waals surface area contributed by atoms with Crippen LogP contribution in [0.15, 0.2) is 6.07 Å². The van der Waals surface area contributed by atoms with Crippen molar-refractivity contribution in [2.24, 2.45) is 0 Å². The SMILES string of the molecule is CCc1cc(CNCCN2CCCCC2)n(CC)n1. The maximum absolute atomic E-state index is 4.58. The molecular weight excluding hydrogens is 236 g/mol. The molecule has 0 radical (unpaired) electrons. The Morgan fingerprint density at radius 3 is 2.68 bits per heavy atom. The molecule has 1 saturated heterocycles. The Morgan fingerprint density at radius 2 is 2.00 bits per heavy atom. The molecule has 2 heterocycles. The quantitative estimate of drug-likeness (QED) is 0.765. The van der Waals surface area contributed by atoms with Crippen LogP contribution >= 0.6 is 0 Å². The summed E-state index contributed by atoms with van der Waals surface area (Å²) < 4.78 is 2.12. The number of piperidine rings is 1. The lowest BCUT2D eigenvalue weighted by Crippen LogP contribution is -2.35. The monoisotopic (exact) mass is 264 g/mol. The van der Waals surface area contributed by atoms with Crippen LogP contribution in [0.2, 0.25) is 0 Å². The zero-order valence-corrected chi connectivity index (χ0v) is 12.5. The van der Waals surface area contributed by atoms with Crippen molar-refractivity contribution in [2.75, 3.05) is 26.2 Å². The number of aryl methyl sites for hydroxylation is 2. The molecule has 0 amide bonds. The molecule has 0 saturated carbocycles. The molecule has 1 aliphatic rings. The van der Waals surface area contributed by atoms with Crippen LogP contribution in [0.5, 0.6) is 0 Å². The van der Waals surface area contributed by atoms with E-state index >= 15 is 0 Å². The highest BCUT2D eigenvalue weighted by Gasteiger charge is 2.09. The van der Waals surface area contributed by atoms with E-state index in [1.54, 1.807) is 0 Å². The fraction of sp³-hybridized carbons (Fsp3) is 0.800. The van der Waals surface area contributed by atoms with Crippen LogP contribution in [0.25, 0.3) is 0 Å². The molecule has 1 N–H and O–H groups in total. The van der Waals surface area contributed by atoms with E-state index in [-0.39, 0.29) is 0 Å². The lowest BCUT2D eigenvalue weighted by Gasteiger charge is -2.26. The first-order valence-electron chi connectivity index (χ1n) is 7.82. The van der Waals surface area contributed by atoms with Gasteiger partial charge in [0.05, 0.1) is 11.4 Å². The average molecular weight is 264 g/mol. The maximum Gasteiger partial charge on any atom is 0.0625 e. The average Bonchev–Trinajstić information content (AvgIpc) is 2.87. The summed E-state index contributed by atoms with van der Waals surface area (Å²) in [7, 11) is 0. The number of hydrogen-bond donors (Lipinski definition) is 1. The van der Waals surface area contributed by atoms with E-state index in [1.807, 2.05) is 0 Å². The van der Waals surface area contributed by atoms with Gasteiger partial charge in [0.2, 0.25) is 0 Å². The van der Waals surface area contributed by atoms with Crippen LogP contribution in [-0.4, -0.2) is 40.9 Å². The van der Waals surface area contributed by atoms with Crippen LogP contribution in [-0.2, 0) is 19.5 Å². The van der Waals surface area contributed by atoms with E-state index in [2.05, 4.69) is 39.9 Å². The van der Waals surface area contributed by atoms with Gasteiger partial charge in [-0.2, -0.15) is 5.10 Å². The second-order valence-electron chi connectivity index (χ2n) is 5.38. The number of aromatic nitrogens is 2. The number of nitrogens with zero attached hydrogens (tertiary/aromatic N) is 3. The first-order chi connectivity index (χ1) is 9.33. The summed E-state index contributed by atoms with van der Waals surface area (Å²) in [6.07, 6.45) is 5.19. The van der Waals surface area contributed by atoms with E-state index in [4.69, 9.17) is 0 Å². The van der Waals surface area contributed by atoms with Crippen molar-refractivity contribution in [3.63, 3.8) is 0 Å². The molecule has 0 bridgehead atoms. The second kappa shape index (κ2) is 7.65. The molecule has 2 rings (SSSR count). The maximum atomic E-state index is 4.58. The largest absolute Gasteiger partial charge is 0.310 e. The molecule has 0 aliphatic carbocycles. The van der Waals surface area contributed by atoms with Gasteiger partial charge in [-0.15, -0.1) is 0 Å². The fourth-order valence-electron chi connectivity index (χ4n) is 2.74. The number of likely N-dealkylation sites (tertiary alicyclic amines) is 1. The molecule has 19 heavy (non-hydrogen) atoms. The van der Waals surface area contributed by atoms with E-state index < -0.39 is 0 Å². The summed E-state index contributed by atoms with van der Waals surface area (Å²) in [5.74, 6) is 0. The standard InChI is InChI=1S/C15H28N4/c1-3-14-12-15(19(4-2)17-14)13-16-8-11-18-9-6-5-7-10-18/h12,16H,3-11,13H2,1-2H3. The number of nitrogens with one attached hydrogen (secondary N) is 1. The molecule has 0 unspecified atom stereocenters. The third-order valence-electron chi connectivity index (χ3n) is 3.94. The van der Waals surface area contributed by atoms with Crippen LogP contribution < -0.4 is 5.32 Å². The molecule has 108 valence electrons. The minimum Gasteiger partial charge on any atom is -0.310 e. The highest BCUT2D eigenvalue weighted by molar-refractivity contribution is 5.10. The Kier molecular flexibility index (Phi) is 5.86. The molecule has 1 aromatic heterocycles. The van der Waals surface area contributed by atoms with Gasteiger partial charge >= 0.3 is 0 Å². The normalized spacial score (nSPS) is 16.9. The van der Waals surface area contributed by atoms with E-state index in [0.717, 1.165) is 26.1 Å². The summed E-state index contributed by atoms with van der Waals surface area (Å²) in [5.41, 5.74) is 2.52. The molecule has 1 fully saturated rings. The van der Waals surface area contributed by atoms with Gasteiger partial charge in [0, 0.05) is 26.2 Å². The predicted molar refractivity (Wildman–Crippen MR) is 79.3 cm³/mol. The number of hydrogen-bond acceptors (Lipinski definition) is 3. The van der Waals surface area contributed by atoms with Gasteiger partial charge in [0.25, 0.3) is 0 Å². The first kappa shape index (κ1) is 14.5. The Balaban J connectivity index is 1.71. The predicted octanol–water partition coefficient (Wildman–Crippen LogP) is 2.04. The summed E-state index contributed by atoms with van der Waals surface area (Å²) >= 11 is 0. The molecule has 4 heteroatoms. The molecule has 0 aromatic carbocycles. The van der Waals surface area contributed by atoms with Gasteiger partial charge in [0.15, 0.2) is 0 Å². The van der Waals surface area contributed by atoms with Crippen LogP contribution in [0.4, 0.5) is 0 Å². The first-order valence-corrected chi connectivity index (χ1v) is 7.82. The van der Waals surface area contributed by atoms with E-state index in [9.17, 15) is 0 Å². The highest BCUT2D eigenvalue weighted by Crippen LogP contribution is 2.08. The van der Waals surface area contributed by atoms with Crippen LogP contribution in [0.3, 0.4) is 0 Å². The fourth-order valence-corrected chi connectivity index (χ4v) is 2.74. The highest BCUT2D eigenvalue weighted by atomic mass is 15.3. The van der Waals surface area contributed by atoms with Gasteiger partial charge in [-0.3, -0.25) is 4.68 Å². The lowest BCUT2D eigenvalue weighted by atomic mass is 10.1. The zero-order valence-electron chi connectivity index (χ0n) is 12.5. The molecule has 4 nitrogen and oxygen atoms in total. The summed E-state index contributed by atoms with van der Waals surface area (Å²) in [6, 6.07) is 2.23. The van der Waals surface area contributed by atoms with Gasteiger partial charge in [0.1, 0.15) is 0 Å². The van der Waals surface area contributed by atoms with Crippen molar-refractivity contribution < 1.29 is 0 Å². The summed E-state index contributed by atoms with van der Waals surface area (Å²) in [4.78, 5) is 2.57. The molecular formula is C15H28N4. The van der Waals surface area contributed by atoms with Crippen molar-refractivity contribution in [3.8, 4) is 0 Å².